The van der Waals surface area contributed by atoms with Gasteiger partial charge in [-0.05, 0) is 116 Å². The van der Waals surface area contributed by atoms with Crippen molar-refractivity contribution in [3.8, 4) is 39.1 Å². The first-order valence-corrected chi connectivity index (χ1v) is 21.3. The van der Waals surface area contributed by atoms with E-state index >= 15 is 0 Å². The molecule has 0 atom stereocenters. The van der Waals surface area contributed by atoms with Crippen molar-refractivity contribution in [2.75, 3.05) is 4.90 Å². The van der Waals surface area contributed by atoms with E-state index in [1.165, 1.54) is 87.5 Å². The Morgan fingerprint density at radius 2 is 0.694 bits per heavy atom. The Hall–Kier alpha value is -8.20. The first-order valence-electron chi connectivity index (χ1n) is 21.3. The second-order valence-electron chi connectivity index (χ2n) is 16.1. The van der Waals surface area contributed by atoms with Gasteiger partial charge in [0.2, 0.25) is 0 Å². The van der Waals surface area contributed by atoms with Gasteiger partial charge in [0.15, 0.2) is 0 Å². The van der Waals surface area contributed by atoms with Gasteiger partial charge in [0.1, 0.15) is 0 Å². The van der Waals surface area contributed by atoms with E-state index in [1.54, 1.807) is 0 Å². The number of hydrogen-bond donors (Lipinski definition) is 0. The van der Waals surface area contributed by atoms with E-state index in [9.17, 15) is 0 Å². The van der Waals surface area contributed by atoms with Crippen LogP contribution < -0.4 is 4.90 Å². The van der Waals surface area contributed by atoms with Gasteiger partial charge in [0, 0.05) is 44.3 Å². The lowest BCUT2D eigenvalue weighted by Crippen LogP contribution is -2.09. The minimum absolute atomic E-state index is 1.10. The van der Waals surface area contributed by atoms with Crippen LogP contribution in [0.1, 0.15) is 0 Å². The Morgan fingerprint density at radius 1 is 0.274 bits per heavy atom. The average Bonchev–Trinajstić information content (AvgIpc) is 3.71. The van der Waals surface area contributed by atoms with E-state index in [0.29, 0.717) is 0 Å². The second kappa shape index (κ2) is 14.8. The largest absolute Gasteiger partial charge is 0.311 e. The molecule has 12 aromatic rings. The summed E-state index contributed by atoms with van der Waals surface area (Å²) in [5.41, 5.74) is 14.1. The average molecular weight is 789 g/mol. The minimum atomic E-state index is 1.10. The Bertz CT molecular complexity index is 3490. The SMILES string of the molecule is c1ccc(-c2ccc(N(c3ccc(-c4ccccc4)cc3)c3ccc(-c4cc5c6ccccc6c6c(c7ccccc7n6-c6ccccc6)c5c5ccccc45)cc3)cc2)cc1. The highest BCUT2D eigenvalue weighted by Crippen LogP contribution is 2.47. The van der Waals surface area contributed by atoms with Crippen LogP contribution in [-0.4, -0.2) is 4.57 Å². The van der Waals surface area contributed by atoms with Crippen molar-refractivity contribution in [2.45, 2.75) is 0 Å². The van der Waals surface area contributed by atoms with Crippen molar-refractivity contribution in [2.24, 2.45) is 0 Å². The van der Waals surface area contributed by atoms with Crippen LogP contribution in [0.2, 0.25) is 0 Å². The highest BCUT2D eigenvalue weighted by Gasteiger charge is 2.22. The molecule has 0 aliphatic heterocycles. The summed E-state index contributed by atoms with van der Waals surface area (Å²) in [7, 11) is 0. The van der Waals surface area contributed by atoms with Gasteiger partial charge in [-0.3, -0.25) is 0 Å². The molecule has 0 unspecified atom stereocenters. The number of rotatable bonds is 7. The Kier molecular flexibility index (Phi) is 8.53. The molecule has 0 fully saturated rings. The maximum Gasteiger partial charge on any atom is 0.0626 e. The highest BCUT2D eigenvalue weighted by atomic mass is 15.1. The van der Waals surface area contributed by atoms with Gasteiger partial charge in [-0.25, -0.2) is 0 Å². The van der Waals surface area contributed by atoms with E-state index in [4.69, 9.17) is 0 Å². The summed E-state index contributed by atoms with van der Waals surface area (Å²) < 4.78 is 2.46. The van der Waals surface area contributed by atoms with Crippen LogP contribution in [0.25, 0.3) is 93.2 Å². The minimum Gasteiger partial charge on any atom is -0.311 e. The van der Waals surface area contributed by atoms with Crippen molar-refractivity contribution in [3.05, 3.63) is 243 Å². The molecule has 1 heterocycles. The lowest BCUT2D eigenvalue weighted by atomic mass is 9.88. The van der Waals surface area contributed by atoms with Gasteiger partial charge >= 0.3 is 0 Å². The molecule has 0 spiro atoms. The molecule has 0 aliphatic rings. The van der Waals surface area contributed by atoms with E-state index < -0.39 is 0 Å². The van der Waals surface area contributed by atoms with Crippen molar-refractivity contribution in [1.82, 2.24) is 4.57 Å². The summed E-state index contributed by atoms with van der Waals surface area (Å²) in [5, 5.41) is 10.1. The molecule has 0 N–H and O–H groups in total. The Labute approximate surface area is 360 Å². The fraction of sp³-hybridized carbons (Fsp3) is 0. The maximum atomic E-state index is 2.46. The quantitative estimate of drug-likeness (QED) is 0.146. The van der Waals surface area contributed by atoms with Crippen LogP contribution in [-0.2, 0) is 0 Å². The molecule has 2 nitrogen and oxygen atoms in total. The van der Waals surface area contributed by atoms with Crippen LogP contribution in [0.15, 0.2) is 243 Å². The highest BCUT2D eigenvalue weighted by molar-refractivity contribution is 6.38. The number of nitrogens with zero attached hydrogens (tertiary/aromatic N) is 2. The molecule has 0 bridgehead atoms. The number of benzene rings is 11. The Balaban J connectivity index is 1.04. The summed E-state index contributed by atoms with van der Waals surface area (Å²) in [6.07, 6.45) is 0. The summed E-state index contributed by atoms with van der Waals surface area (Å²) in [6.45, 7) is 0. The molecular weight excluding hydrogens is 749 g/mol. The van der Waals surface area contributed by atoms with Crippen LogP contribution in [0.3, 0.4) is 0 Å². The van der Waals surface area contributed by atoms with Crippen LogP contribution in [0.5, 0.6) is 0 Å². The third-order valence-corrected chi connectivity index (χ3v) is 12.6. The van der Waals surface area contributed by atoms with Crippen LogP contribution in [0.4, 0.5) is 17.1 Å². The topological polar surface area (TPSA) is 8.17 Å². The van der Waals surface area contributed by atoms with E-state index in [-0.39, 0.29) is 0 Å². The lowest BCUT2D eigenvalue weighted by molar-refractivity contribution is 1.19. The molecule has 0 radical (unpaired) electrons. The van der Waals surface area contributed by atoms with Crippen molar-refractivity contribution < 1.29 is 0 Å². The zero-order valence-electron chi connectivity index (χ0n) is 34.0. The summed E-state index contributed by atoms with van der Waals surface area (Å²) in [4.78, 5) is 2.36. The van der Waals surface area contributed by atoms with Gasteiger partial charge in [0.25, 0.3) is 0 Å². The van der Waals surface area contributed by atoms with Crippen molar-refractivity contribution in [3.63, 3.8) is 0 Å². The predicted octanol–water partition coefficient (Wildman–Crippen LogP) is 16.7. The zero-order chi connectivity index (χ0) is 41.0. The summed E-state index contributed by atoms with van der Waals surface area (Å²) in [6, 6.07) is 88.3. The van der Waals surface area contributed by atoms with Gasteiger partial charge in [-0.1, -0.05) is 182 Å². The van der Waals surface area contributed by atoms with Crippen molar-refractivity contribution in [1.29, 1.82) is 0 Å². The van der Waals surface area contributed by atoms with Gasteiger partial charge in [0.05, 0.1) is 11.0 Å². The smallest absolute Gasteiger partial charge is 0.0626 e. The monoisotopic (exact) mass is 788 g/mol. The fourth-order valence-electron chi connectivity index (χ4n) is 9.72. The predicted molar refractivity (Wildman–Crippen MR) is 264 cm³/mol. The molecule has 0 saturated carbocycles. The van der Waals surface area contributed by atoms with Gasteiger partial charge < -0.3 is 9.47 Å². The van der Waals surface area contributed by atoms with Gasteiger partial charge in [-0.2, -0.15) is 0 Å². The zero-order valence-corrected chi connectivity index (χ0v) is 34.0. The fourth-order valence-corrected chi connectivity index (χ4v) is 9.72. The second-order valence-corrected chi connectivity index (χ2v) is 16.1. The molecular formula is C60H40N2. The van der Waals surface area contributed by atoms with E-state index in [1.807, 2.05) is 0 Å². The third-order valence-electron chi connectivity index (χ3n) is 12.6. The first kappa shape index (κ1) is 35.7. The third kappa shape index (κ3) is 5.88. The van der Waals surface area contributed by atoms with E-state index in [2.05, 4.69) is 252 Å². The molecule has 290 valence electrons. The van der Waals surface area contributed by atoms with Gasteiger partial charge in [-0.15, -0.1) is 0 Å². The molecule has 0 saturated heterocycles. The summed E-state index contributed by atoms with van der Waals surface area (Å²) >= 11 is 0. The number of para-hydroxylation sites is 2. The summed E-state index contributed by atoms with van der Waals surface area (Å²) in [5.74, 6) is 0. The molecule has 2 heteroatoms. The molecule has 62 heavy (non-hydrogen) atoms. The van der Waals surface area contributed by atoms with Crippen LogP contribution in [0, 0.1) is 0 Å². The molecule has 12 rings (SSSR count). The molecule has 0 aliphatic carbocycles. The van der Waals surface area contributed by atoms with E-state index in [0.717, 1.165) is 22.7 Å². The first-order chi connectivity index (χ1) is 30.8. The molecule has 0 amide bonds. The number of aromatic nitrogens is 1. The standard InChI is InChI=1S/C60H40N2/c1-4-16-41(17-5-1)43-28-34-47(35-29-43)61(48-36-30-44(31-37-48)42-18-6-2-7-19-42)49-38-32-45(33-39-49)55-40-56-51-23-11-13-25-53(51)60-59(58(56)52-24-12-10-22-50(52)55)54-26-14-15-27-57(54)62(60)46-20-8-3-9-21-46/h1-40H. The van der Waals surface area contributed by atoms with Crippen LogP contribution >= 0.6 is 0 Å². The molecule has 11 aromatic carbocycles. The Morgan fingerprint density at radius 3 is 1.26 bits per heavy atom. The van der Waals surface area contributed by atoms with Crippen molar-refractivity contribution >= 4 is 71.2 Å². The number of hydrogen-bond acceptors (Lipinski definition) is 1. The number of anilines is 3. The number of fused-ring (bicyclic) bond motifs is 10. The molecule has 1 aromatic heterocycles. The normalized spacial score (nSPS) is 11.5. The lowest BCUT2D eigenvalue weighted by Gasteiger charge is -2.26. The maximum absolute atomic E-state index is 2.46.